The summed E-state index contributed by atoms with van der Waals surface area (Å²) in [4.78, 5) is 16.7. The smallest absolute Gasteiger partial charge is 0.410 e. The van der Waals surface area contributed by atoms with Gasteiger partial charge in [-0.3, -0.25) is 0 Å². The maximum atomic E-state index is 12.7. The molecule has 1 unspecified atom stereocenters. The summed E-state index contributed by atoms with van der Waals surface area (Å²) >= 11 is 6.43. The van der Waals surface area contributed by atoms with Crippen LogP contribution in [0.15, 0.2) is 54.6 Å². The predicted octanol–water partition coefficient (Wildman–Crippen LogP) is 5.17. The lowest BCUT2D eigenvalue weighted by atomic mass is 10.1. The third-order valence-electron chi connectivity index (χ3n) is 4.85. The average molecular weight is 409 g/mol. The van der Waals surface area contributed by atoms with Crippen molar-refractivity contribution in [2.75, 3.05) is 26.7 Å². The van der Waals surface area contributed by atoms with Crippen molar-refractivity contribution in [3.8, 4) is 0 Å². The fourth-order valence-electron chi connectivity index (χ4n) is 3.33. The van der Waals surface area contributed by atoms with Gasteiger partial charge in [-0.15, -0.1) is 12.4 Å². The average Bonchev–Trinajstić information content (AvgIpc) is 3.18. The van der Waals surface area contributed by atoms with Crippen LogP contribution >= 0.6 is 24.0 Å². The number of nitrogens with zero attached hydrogens (tertiary/aromatic N) is 2. The molecule has 0 bridgehead atoms. The van der Waals surface area contributed by atoms with E-state index >= 15 is 0 Å². The van der Waals surface area contributed by atoms with Crippen molar-refractivity contribution < 1.29 is 9.53 Å². The van der Waals surface area contributed by atoms with Crippen molar-refractivity contribution in [3.63, 3.8) is 0 Å². The van der Waals surface area contributed by atoms with Gasteiger partial charge in [-0.1, -0.05) is 60.1 Å². The summed E-state index contributed by atoms with van der Waals surface area (Å²) in [6, 6.07) is 17.3. The summed E-state index contributed by atoms with van der Waals surface area (Å²) in [5, 5.41) is 0.680. The van der Waals surface area contributed by atoms with Crippen LogP contribution in [-0.4, -0.2) is 42.6 Å². The number of hydrogen-bond acceptors (Lipinski definition) is 3. The van der Waals surface area contributed by atoms with Gasteiger partial charge in [0, 0.05) is 18.6 Å². The normalized spacial score (nSPS) is 15.0. The third kappa shape index (κ3) is 5.86. The molecule has 1 saturated heterocycles. The van der Waals surface area contributed by atoms with E-state index in [9.17, 15) is 4.79 Å². The van der Waals surface area contributed by atoms with Crippen LogP contribution in [0.25, 0.3) is 0 Å². The Morgan fingerprint density at radius 1 is 1.11 bits per heavy atom. The number of amides is 1. The first-order valence-corrected chi connectivity index (χ1v) is 9.43. The Kier molecular flexibility index (Phi) is 8.42. The summed E-state index contributed by atoms with van der Waals surface area (Å²) in [6.07, 6.45) is 2.08. The third-order valence-corrected chi connectivity index (χ3v) is 5.20. The maximum Gasteiger partial charge on any atom is 0.410 e. The monoisotopic (exact) mass is 408 g/mol. The molecule has 0 aromatic heterocycles. The molecule has 6 heteroatoms. The highest BCUT2D eigenvalue weighted by Gasteiger charge is 2.27. The lowest BCUT2D eigenvalue weighted by Crippen LogP contribution is -2.38. The number of ether oxygens (including phenoxy) is 1. The van der Waals surface area contributed by atoms with E-state index in [0.29, 0.717) is 5.02 Å². The van der Waals surface area contributed by atoms with Gasteiger partial charge >= 0.3 is 6.09 Å². The SMILES string of the molecule is CN(C(=O)OCc1ccccc1)C(CN1CCCC1)c1ccccc1Cl.Cl. The first kappa shape index (κ1) is 21.5. The van der Waals surface area contributed by atoms with Crippen LogP contribution in [0.3, 0.4) is 0 Å². The highest BCUT2D eigenvalue weighted by molar-refractivity contribution is 6.31. The van der Waals surface area contributed by atoms with Gasteiger partial charge in [0.25, 0.3) is 0 Å². The highest BCUT2D eigenvalue weighted by atomic mass is 35.5. The fraction of sp³-hybridized carbons (Fsp3) is 0.381. The molecule has 0 saturated carbocycles. The van der Waals surface area contributed by atoms with Gasteiger partial charge < -0.3 is 14.5 Å². The van der Waals surface area contributed by atoms with Gasteiger partial charge in [0.2, 0.25) is 0 Å². The number of benzene rings is 2. The van der Waals surface area contributed by atoms with Crippen LogP contribution in [0.2, 0.25) is 5.02 Å². The van der Waals surface area contributed by atoms with E-state index in [4.69, 9.17) is 16.3 Å². The minimum atomic E-state index is -0.335. The molecule has 2 aromatic carbocycles. The number of halogens is 2. The minimum Gasteiger partial charge on any atom is -0.445 e. The van der Waals surface area contributed by atoms with E-state index in [1.807, 2.05) is 54.6 Å². The standard InChI is InChI=1S/C21H25ClN2O2.ClH/c1-23(21(25)26-16-17-9-3-2-4-10-17)20(15-24-13-7-8-14-24)18-11-5-6-12-19(18)22;/h2-6,9-12,20H,7-8,13-16H2,1H3;1H. The highest BCUT2D eigenvalue weighted by Crippen LogP contribution is 2.29. The summed E-state index contributed by atoms with van der Waals surface area (Å²) < 4.78 is 5.52. The van der Waals surface area contributed by atoms with Gasteiger partial charge in [-0.05, 0) is 43.1 Å². The Morgan fingerprint density at radius 2 is 1.74 bits per heavy atom. The number of likely N-dealkylation sites (N-methyl/N-ethyl adjacent to an activating group) is 1. The molecule has 2 aromatic rings. The predicted molar refractivity (Wildman–Crippen MR) is 112 cm³/mol. The summed E-state index contributed by atoms with van der Waals surface area (Å²) in [5.74, 6) is 0. The first-order chi connectivity index (χ1) is 12.6. The number of hydrogen-bond donors (Lipinski definition) is 0. The van der Waals surface area contributed by atoms with Gasteiger partial charge in [0.15, 0.2) is 0 Å². The van der Waals surface area contributed by atoms with Crippen molar-refractivity contribution in [2.45, 2.75) is 25.5 Å². The maximum absolute atomic E-state index is 12.7. The van der Waals surface area contributed by atoms with Crippen LogP contribution in [0, 0.1) is 0 Å². The molecule has 0 aliphatic carbocycles. The molecule has 0 radical (unpaired) electrons. The van der Waals surface area contributed by atoms with E-state index in [0.717, 1.165) is 30.8 Å². The van der Waals surface area contributed by atoms with Crippen LogP contribution in [0.1, 0.15) is 30.0 Å². The second kappa shape index (κ2) is 10.5. The van der Waals surface area contributed by atoms with Crippen LogP contribution < -0.4 is 0 Å². The lowest BCUT2D eigenvalue weighted by Gasteiger charge is -2.32. The van der Waals surface area contributed by atoms with Crippen LogP contribution in [-0.2, 0) is 11.3 Å². The second-order valence-electron chi connectivity index (χ2n) is 6.70. The molecular weight excluding hydrogens is 383 g/mol. The van der Waals surface area contributed by atoms with Crippen molar-refractivity contribution in [3.05, 3.63) is 70.7 Å². The molecule has 1 atom stereocenters. The molecule has 146 valence electrons. The van der Waals surface area contributed by atoms with E-state index in [-0.39, 0.29) is 31.1 Å². The molecule has 1 aliphatic heterocycles. The van der Waals surface area contributed by atoms with E-state index in [2.05, 4.69) is 4.90 Å². The molecule has 3 rings (SSSR count). The number of rotatable bonds is 6. The van der Waals surface area contributed by atoms with Gasteiger partial charge in [0.1, 0.15) is 6.61 Å². The Labute approximate surface area is 172 Å². The van der Waals surface area contributed by atoms with Gasteiger partial charge in [-0.25, -0.2) is 4.79 Å². The van der Waals surface area contributed by atoms with E-state index < -0.39 is 0 Å². The van der Waals surface area contributed by atoms with E-state index in [1.54, 1.807) is 11.9 Å². The lowest BCUT2D eigenvalue weighted by molar-refractivity contribution is 0.0834. The largest absolute Gasteiger partial charge is 0.445 e. The second-order valence-corrected chi connectivity index (χ2v) is 7.10. The molecule has 0 N–H and O–H groups in total. The van der Waals surface area contributed by atoms with Gasteiger partial charge in [-0.2, -0.15) is 0 Å². The Bertz CT molecular complexity index is 721. The summed E-state index contributed by atoms with van der Waals surface area (Å²) in [5.41, 5.74) is 1.93. The molecule has 1 aliphatic rings. The van der Waals surface area contributed by atoms with Crippen LogP contribution in [0.4, 0.5) is 4.79 Å². The van der Waals surface area contributed by atoms with Crippen LogP contribution in [0.5, 0.6) is 0 Å². The zero-order chi connectivity index (χ0) is 18.4. The Balaban J connectivity index is 0.00000261. The number of carbonyl (C=O) groups excluding carboxylic acids is 1. The zero-order valence-electron chi connectivity index (χ0n) is 15.5. The molecule has 1 heterocycles. The van der Waals surface area contributed by atoms with Crippen molar-refractivity contribution in [1.82, 2.24) is 9.80 Å². The molecule has 1 fully saturated rings. The first-order valence-electron chi connectivity index (χ1n) is 9.05. The van der Waals surface area contributed by atoms with Crippen molar-refractivity contribution in [2.24, 2.45) is 0 Å². The van der Waals surface area contributed by atoms with Crippen molar-refractivity contribution >= 4 is 30.1 Å². The minimum absolute atomic E-state index is 0. The summed E-state index contributed by atoms with van der Waals surface area (Å²) in [6.45, 7) is 3.16. The topological polar surface area (TPSA) is 32.8 Å². The van der Waals surface area contributed by atoms with Gasteiger partial charge in [0.05, 0.1) is 6.04 Å². The number of carbonyl (C=O) groups is 1. The van der Waals surface area contributed by atoms with E-state index in [1.165, 1.54) is 12.8 Å². The molecule has 27 heavy (non-hydrogen) atoms. The molecule has 4 nitrogen and oxygen atoms in total. The fourth-order valence-corrected chi connectivity index (χ4v) is 3.59. The van der Waals surface area contributed by atoms with Crippen molar-refractivity contribution in [1.29, 1.82) is 0 Å². The summed E-state index contributed by atoms with van der Waals surface area (Å²) in [7, 11) is 1.79. The molecule has 0 spiro atoms. The quantitative estimate of drug-likeness (QED) is 0.660. The Morgan fingerprint density at radius 3 is 2.41 bits per heavy atom. The molecular formula is C21H26Cl2N2O2. The zero-order valence-corrected chi connectivity index (χ0v) is 17.1. The molecule has 1 amide bonds. The number of likely N-dealkylation sites (tertiary alicyclic amines) is 1. The Hall–Kier alpha value is -1.75.